The van der Waals surface area contributed by atoms with Gasteiger partial charge in [-0.2, -0.15) is 0 Å². The van der Waals surface area contributed by atoms with Crippen molar-refractivity contribution in [2.45, 2.75) is 6.92 Å². The highest BCUT2D eigenvalue weighted by Crippen LogP contribution is 2.15. The molecule has 130 valence electrons. The highest BCUT2D eigenvalue weighted by Gasteiger charge is 2.06. The van der Waals surface area contributed by atoms with Crippen LogP contribution in [0.25, 0.3) is 6.08 Å². The van der Waals surface area contributed by atoms with Crippen molar-refractivity contribution in [3.63, 3.8) is 0 Å². The van der Waals surface area contributed by atoms with Crippen molar-refractivity contribution >= 4 is 23.6 Å². The Kier molecular flexibility index (Phi) is 6.71. The van der Waals surface area contributed by atoms with Crippen LogP contribution in [0.15, 0.2) is 54.6 Å². The zero-order chi connectivity index (χ0) is 18.1. The lowest BCUT2D eigenvalue weighted by molar-refractivity contribution is -0.137. The van der Waals surface area contributed by atoms with E-state index in [1.54, 1.807) is 49.4 Å². The highest BCUT2D eigenvalue weighted by atomic mass is 19.1. The summed E-state index contributed by atoms with van der Waals surface area (Å²) in [7, 11) is 0. The number of benzene rings is 2. The predicted octanol–water partition coefficient (Wildman–Crippen LogP) is 3.42. The summed E-state index contributed by atoms with van der Waals surface area (Å²) in [5.74, 6) is -1.31. The fourth-order valence-corrected chi connectivity index (χ4v) is 1.93. The van der Waals surface area contributed by atoms with Gasteiger partial charge in [-0.1, -0.05) is 24.3 Å². The summed E-state index contributed by atoms with van der Waals surface area (Å²) >= 11 is 0. The van der Waals surface area contributed by atoms with Crippen LogP contribution in [0.2, 0.25) is 0 Å². The molecule has 2 rings (SSSR count). The van der Waals surface area contributed by atoms with Gasteiger partial charge in [0.05, 0.1) is 6.61 Å². The number of hydrogen-bond donors (Lipinski definition) is 1. The maximum atomic E-state index is 13.4. The molecule has 1 N–H and O–H groups in total. The van der Waals surface area contributed by atoms with Crippen LogP contribution in [0.1, 0.15) is 12.5 Å². The maximum Gasteiger partial charge on any atom is 0.330 e. The van der Waals surface area contributed by atoms with Crippen LogP contribution in [0, 0.1) is 5.82 Å². The van der Waals surface area contributed by atoms with E-state index in [0.29, 0.717) is 12.3 Å². The van der Waals surface area contributed by atoms with Crippen LogP contribution in [-0.4, -0.2) is 25.1 Å². The number of anilines is 1. The van der Waals surface area contributed by atoms with Crippen LogP contribution in [0.3, 0.4) is 0 Å². The lowest BCUT2D eigenvalue weighted by Crippen LogP contribution is -2.20. The molecule has 0 saturated heterocycles. The van der Waals surface area contributed by atoms with Crippen molar-refractivity contribution in [3.8, 4) is 5.75 Å². The van der Waals surface area contributed by atoms with Crippen LogP contribution in [0.4, 0.5) is 10.1 Å². The van der Waals surface area contributed by atoms with Crippen LogP contribution >= 0.6 is 0 Å². The number of nitrogens with one attached hydrogen (secondary N) is 1. The van der Waals surface area contributed by atoms with Crippen LogP contribution in [0.5, 0.6) is 5.75 Å². The summed E-state index contributed by atoms with van der Waals surface area (Å²) in [5.41, 5.74) is 1.35. The van der Waals surface area contributed by atoms with Gasteiger partial charge in [0.25, 0.3) is 5.91 Å². The first-order valence-corrected chi connectivity index (χ1v) is 7.70. The first kappa shape index (κ1) is 18.2. The smallest absolute Gasteiger partial charge is 0.330 e. The topological polar surface area (TPSA) is 64.6 Å². The molecule has 0 heterocycles. The molecular weight excluding hydrogens is 325 g/mol. The predicted molar refractivity (Wildman–Crippen MR) is 92.6 cm³/mol. The second kappa shape index (κ2) is 9.22. The number of carbonyl (C=O) groups excluding carboxylic acids is 2. The molecule has 5 nitrogen and oxygen atoms in total. The summed E-state index contributed by atoms with van der Waals surface area (Å²) < 4.78 is 23.3. The second-order valence-corrected chi connectivity index (χ2v) is 4.97. The molecule has 1 amide bonds. The Morgan fingerprint density at radius 1 is 1.12 bits per heavy atom. The fourth-order valence-electron chi connectivity index (χ4n) is 1.93. The zero-order valence-corrected chi connectivity index (χ0v) is 13.7. The molecule has 0 saturated carbocycles. The molecule has 25 heavy (non-hydrogen) atoms. The molecule has 2 aromatic carbocycles. The number of hydrogen-bond acceptors (Lipinski definition) is 4. The summed E-state index contributed by atoms with van der Waals surface area (Å²) in [6.07, 6.45) is 2.95. The Bertz CT molecular complexity index is 756. The van der Waals surface area contributed by atoms with Crippen molar-refractivity contribution in [2.75, 3.05) is 18.5 Å². The molecule has 0 atom stereocenters. The van der Waals surface area contributed by atoms with Gasteiger partial charge in [0.2, 0.25) is 0 Å². The minimum absolute atomic E-state index is 0.0251. The van der Waals surface area contributed by atoms with Gasteiger partial charge in [-0.05, 0) is 42.8 Å². The van der Waals surface area contributed by atoms with E-state index in [1.807, 2.05) is 0 Å². The molecule has 0 radical (unpaired) electrons. The largest absolute Gasteiger partial charge is 0.481 e. The number of para-hydroxylation sites is 1. The standard InChI is InChI=1S/C19H18FNO4/c1-2-24-19(23)12-9-14-7-10-15(11-8-14)21-18(22)13-25-17-6-4-3-5-16(17)20/h3-12H,2,13H2,1H3,(H,21,22)/b12-9+. The van der Waals surface area contributed by atoms with E-state index in [-0.39, 0.29) is 12.4 Å². The van der Waals surface area contributed by atoms with E-state index in [9.17, 15) is 14.0 Å². The molecule has 0 unspecified atom stereocenters. The minimum Gasteiger partial charge on any atom is -0.481 e. The monoisotopic (exact) mass is 343 g/mol. The van der Waals surface area contributed by atoms with Gasteiger partial charge in [-0.3, -0.25) is 4.79 Å². The molecule has 0 spiro atoms. The van der Waals surface area contributed by atoms with E-state index in [1.165, 1.54) is 18.2 Å². The van der Waals surface area contributed by atoms with Crippen molar-refractivity contribution in [3.05, 3.63) is 66.0 Å². The van der Waals surface area contributed by atoms with Crippen molar-refractivity contribution in [1.82, 2.24) is 0 Å². The lowest BCUT2D eigenvalue weighted by Gasteiger charge is -2.08. The second-order valence-electron chi connectivity index (χ2n) is 4.97. The van der Waals surface area contributed by atoms with Crippen molar-refractivity contribution in [1.29, 1.82) is 0 Å². The van der Waals surface area contributed by atoms with Gasteiger partial charge >= 0.3 is 5.97 Å². The minimum atomic E-state index is -0.520. The molecule has 0 aliphatic heterocycles. The van der Waals surface area contributed by atoms with Crippen molar-refractivity contribution < 1.29 is 23.5 Å². The molecule has 0 fully saturated rings. The molecule has 0 aliphatic rings. The molecule has 6 heteroatoms. The van der Waals surface area contributed by atoms with E-state index in [4.69, 9.17) is 9.47 Å². The number of carbonyl (C=O) groups is 2. The Balaban J connectivity index is 1.85. The highest BCUT2D eigenvalue weighted by molar-refractivity contribution is 5.92. The lowest BCUT2D eigenvalue weighted by atomic mass is 10.2. The quantitative estimate of drug-likeness (QED) is 0.618. The van der Waals surface area contributed by atoms with Crippen LogP contribution in [-0.2, 0) is 14.3 Å². The Hall–Kier alpha value is -3.15. The zero-order valence-electron chi connectivity index (χ0n) is 13.7. The SMILES string of the molecule is CCOC(=O)/C=C/c1ccc(NC(=O)COc2ccccc2F)cc1. The normalized spacial score (nSPS) is 10.5. The summed E-state index contributed by atoms with van der Waals surface area (Å²) in [6.45, 7) is 1.76. The average Bonchev–Trinajstić information content (AvgIpc) is 2.61. The Morgan fingerprint density at radius 3 is 2.52 bits per heavy atom. The molecule has 0 bridgehead atoms. The van der Waals surface area contributed by atoms with E-state index in [0.717, 1.165) is 5.56 Å². The molecule has 0 aromatic heterocycles. The van der Waals surface area contributed by atoms with E-state index >= 15 is 0 Å². The maximum absolute atomic E-state index is 13.4. The third-order valence-corrected chi connectivity index (χ3v) is 3.09. The fraction of sp³-hybridized carbons (Fsp3) is 0.158. The summed E-state index contributed by atoms with van der Waals surface area (Å²) in [6, 6.07) is 12.7. The number of rotatable bonds is 7. The van der Waals surface area contributed by atoms with Gasteiger partial charge in [0, 0.05) is 11.8 Å². The number of halogens is 1. The molecular formula is C19H18FNO4. The Labute approximate surface area is 145 Å². The summed E-state index contributed by atoms with van der Waals surface area (Å²) in [4.78, 5) is 23.1. The van der Waals surface area contributed by atoms with Crippen LogP contribution < -0.4 is 10.1 Å². The molecule has 2 aromatic rings. The van der Waals surface area contributed by atoms with Gasteiger partial charge < -0.3 is 14.8 Å². The number of esters is 1. The van der Waals surface area contributed by atoms with Gasteiger partial charge in [0.1, 0.15) is 0 Å². The number of amides is 1. The first-order chi connectivity index (χ1) is 12.1. The first-order valence-electron chi connectivity index (χ1n) is 7.70. The van der Waals surface area contributed by atoms with Crippen molar-refractivity contribution in [2.24, 2.45) is 0 Å². The average molecular weight is 343 g/mol. The van der Waals surface area contributed by atoms with Gasteiger partial charge in [-0.15, -0.1) is 0 Å². The molecule has 0 aliphatic carbocycles. The van der Waals surface area contributed by atoms with E-state index < -0.39 is 17.7 Å². The van der Waals surface area contributed by atoms with Gasteiger partial charge in [0.15, 0.2) is 18.2 Å². The van der Waals surface area contributed by atoms with E-state index in [2.05, 4.69) is 5.32 Å². The number of ether oxygens (including phenoxy) is 2. The third kappa shape index (κ3) is 6.10. The third-order valence-electron chi connectivity index (χ3n) is 3.09. The summed E-state index contributed by atoms with van der Waals surface area (Å²) in [5, 5.41) is 2.64. The van der Waals surface area contributed by atoms with Gasteiger partial charge in [-0.25, -0.2) is 9.18 Å². The Morgan fingerprint density at radius 2 is 1.84 bits per heavy atom.